The second-order valence-corrected chi connectivity index (χ2v) is 6.39. The Hall–Kier alpha value is -2.04. The van der Waals surface area contributed by atoms with Crippen molar-refractivity contribution in [3.63, 3.8) is 0 Å². The normalized spacial score (nSPS) is 14.6. The van der Waals surface area contributed by atoms with Crippen LogP contribution in [-0.4, -0.2) is 47.8 Å². The van der Waals surface area contributed by atoms with Gasteiger partial charge in [-0.15, -0.1) is 0 Å². The van der Waals surface area contributed by atoms with Gasteiger partial charge in [-0.05, 0) is 30.3 Å². The summed E-state index contributed by atoms with van der Waals surface area (Å²) in [5.74, 6) is -0.0994. The first-order valence-corrected chi connectivity index (χ1v) is 8.40. The molecule has 0 N–H and O–H groups in total. The average Bonchev–Trinajstić information content (AvgIpc) is 2.63. The van der Waals surface area contributed by atoms with Crippen LogP contribution in [0.1, 0.15) is 20.7 Å². The van der Waals surface area contributed by atoms with Gasteiger partial charge in [0.1, 0.15) is 0 Å². The SMILES string of the molecule is O=C(c1ccccc1)N1CCN(C(=O)c2ccc(Cl)c(Cl)c2)CC1. The highest BCUT2D eigenvalue weighted by Gasteiger charge is 2.25. The van der Waals surface area contributed by atoms with E-state index in [1.165, 1.54) is 0 Å². The minimum Gasteiger partial charge on any atom is -0.335 e. The van der Waals surface area contributed by atoms with Gasteiger partial charge in [0.25, 0.3) is 11.8 Å². The minimum atomic E-state index is -0.0969. The first-order valence-electron chi connectivity index (χ1n) is 7.65. The molecule has 0 aromatic heterocycles. The lowest BCUT2D eigenvalue weighted by atomic mass is 10.1. The molecular weight excluding hydrogens is 347 g/mol. The van der Waals surface area contributed by atoms with E-state index in [-0.39, 0.29) is 11.8 Å². The van der Waals surface area contributed by atoms with Crippen molar-refractivity contribution in [3.05, 3.63) is 69.7 Å². The second kappa shape index (κ2) is 7.24. The van der Waals surface area contributed by atoms with Crippen molar-refractivity contribution < 1.29 is 9.59 Å². The number of hydrogen-bond donors (Lipinski definition) is 0. The number of benzene rings is 2. The fourth-order valence-corrected chi connectivity index (χ4v) is 2.99. The largest absolute Gasteiger partial charge is 0.335 e. The van der Waals surface area contributed by atoms with E-state index in [0.717, 1.165) is 0 Å². The van der Waals surface area contributed by atoms with Crippen LogP contribution in [0.15, 0.2) is 48.5 Å². The number of hydrogen-bond acceptors (Lipinski definition) is 2. The second-order valence-electron chi connectivity index (χ2n) is 5.58. The number of carbonyl (C=O) groups is 2. The molecule has 1 aliphatic heterocycles. The van der Waals surface area contributed by atoms with Crippen molar-refractivity contribution in [2.24, 2.45) is 0 Å². The topological polar surface area (TPSA) is 40.6 Å². The highest BCUT2D eigenvalue weighted by molar-refractivity contribution is 6.42. The standard InChI is InChI=1S/C18H16Cl2N2O2/c19-15-7-6-14(12-16(15)20)18(24)22-10-8-21(9-11-22)17(23)13-4-2-1-3-5-13/h1-7,12H,8-11H2. The van der Waals surface area contributed by atoms with Gasteiger partial charge in [0, 0.05) is 37.3 Å². The smallest absolute Gasteiger partial charge is 0.254 e. The quantitative estimate of drug-likeness (QED) is 0.818. The van der Waals surface area contributed by atoms with E-state index >= 15 is 0 Å². The molecule has 1 fully saturated rings. The van der Waals surface area contributed by atoms with Crippen LogP contribution in [0, 0.1) is 0 Å². The average molecular weight is 363 g/mol. The first kappa shape index (κ1) is 16.8. The first-order chi connectivity index (χ1) is 11.6. The van der Waals surface area contributed by atoms with E-state index in [4.69, 9.17) is 23.2 Å². The van der Waals surface area contributed by atoms with Gasteiger partial charge >= 0.3 is 0 Å². The van der Waals surface area contributed by atoms with E-state index in [1.807, 2.05) is 18.2 Å². The van der Waals surface area contributed by atoms with Gasteiger partial charge in [-0.25, -0.2) is 0 Å². The highest BCUT2D eigenvalue weighted by Crippen LogP contribution is 2.23. The number of halogens is 2. The third-order valence-corrected chi connectivity index (χ3v) is 4.78. The van der Waals surface area contributed by atoms with Gasteiger partial charge < -0.3 is 9.80 Å². The zero-order valence-corrected chi connectivity index (χ0v) is 14.4. The Kier molecular flexibility index (Phi) is 5.07. The Morgan fingerprint density at radius 3 is 1.79 bits per heavy atom. The van der Waals surface area contributed by atoms with Crippen LogP contribution in [0.2, 0.25) is 10.0 Å². The Morgan fingerprint density at radius 2 is 1.25 bits per heavy atom. The molecule has 0 radical (unpaired) electrons. The molecule has 1 saturated heterocycles. The summed E-state index contributed by atoms with van der Waals surface area (Å²) < 4.78 is 0. The highest BCUT2D eigenvalue weighted by atomic mass is 35.5. The van der Waals surface area contributed by atoms with Crippen LogP contribution in [0.3, 0.4) is 0 Å². The maximum Gasteiger partial charge on any atom is 0.254 e. The van der Waals surface area contributed by atoms with Gasteiger partial charge in [-0.1, -0.05) is 41.4 Å². The predicted octanol–water partition coefficient (Wildman–Crippen LogP) is 3.59. The molecule has 4 nitrogen and oxygen atoms in total. The molecule has 0 saturated carbocycles. The van der Waals surface area contributed by atoms with Crippen LogP contribution >= 0.6 is 23.2 Å². The number of nitrogens with zero attached hydrogens (tertiary/aromatic N) is 2. The van der Waals surface area contributed by atoms with Crippen molar-refractivity contribution in [1.29, 1.82) is 0 Å². The van der Waals surface area contributed by atoms with Crippen molar-refractivity contribution in [3.8, 4) is 0 Å². The Morgan fingerprint density at radius 1 is 0.708 bits per heavy atom. The van der Waals surface area contributed by atoms with Gasteiger partial charge in [-0.2, -0.15) is 0 Å². The molecule has 2 aromatic carbocycles. The van der Waals surface area contributed by atoms with Crippen LogP contribution in [-0.2, 0) is 0 Å². The van der Waals surface area contributed by atoms with Crippen molar-refractivity contribution in [2.75, 3.05) is 26.2 Å². The number of piperazine rings is 1. The van der Waals surface area contributed by atoms with Gasteiger partial charge in [-0.3, -0.25) is 9.59 Å². The van der Waals surface area contributed by atoms with Gasteiger partial charge in [0.15, 0.2) is 0 Å². The zero-order valence-electron chi connectivity index (χ0n) is 12.9. The summed E-state index contributed by atoms with van der Waals surface area (Å²) in [6.45, 7) is 2.02. The molecule has 1 aliphatic rings. The fourth-order valence-electron chi connectivity index (χ4n) is 2.69. The predicted molar refractivity (Wildman–Crippen MR) is 94.7 cm³/mol. The minimum absolute atomic E-state index is 0.00256. The molecule has 2 amide bonds. The van der Waals surface area contributed by atoms with Crippen LogP contribution in [0.25, 0.3) is 0 Å². The molecule has 0 bridgehead atoms. The van der Waals surface area contributed by atoms with Crippen molar-refractivity contribution in [1.82, 2.24) is 9.80 Å². The van der Waals surface area contributed by atoms with E-state index in [9.17, 15) is 9.59 Å². The third kappa shape index (κ3) is 3.55. The van der Waals surface area contributed by atoms with E-state index < -0.39 is 0 Å². The molecule has 6 heteroatoms. The Labute approximate surface area is 150 Å². The molecule has 0 unspecified atom stereocenters. The van der Waals surface area contributed by atoms with E-state index in [0.29, 0.717) is 47.4 Å². The van der Waals surface area contributed by atoms with Crippen LogP contribution < -0.4 is 0 Å². The van der Waals surface area contributed by atoms with E-state index in [2.05, 4.69) is 0 Å². The number of carbonyl (C=O) groups excluding carboxylic acids is 2. The summed E-state index contributed by atoms with van der Waals surface area (Å²) >= 11 is 11.9. The lowest BCUT2D eigenvalue weighted by Gasteiger charge is -2.35. The maximum atomic E-state index is 12.5. The molecule has 3 rings (SSSR count). The van der Waals surface area contributed by atoms with Crippen molar-refractivity contribution >= 4 is 35.0 Å². The summed E-state index contributed by atoms with van der Waals surface area (Å²) in [6.07, 6.45) is 0. The van der Waals surface area contributed by atoms with Crippen molar-refractivity contribution in [2.45, 2.75) is 0 Å². The summed E-state index contributed by atoms with van der Waals surface area (Å²) in [5.41, 5.74) is 1.17. The fraction of sp³-hybridized carbons (Fsp3) is 0.222. The molecule has 0 aliphatic carbocycles. The number of amides is 2. The van der Waals surface area contributed by atoms with Crippen LogP contribution in [0.4, 0.5) is 0 Å². The molecular formula is C18H16Cl2N2O2. The van der Waals surface area contributed by atoms with Crippen LogP contribution in [0.5, 0.6) is 0 Å². The molecule has 24 heavy (non-hydrogen) atoms. The van der Waals surface area contributed by atoms with Gasteiger partial charge in [0.2, 0.25) is 0 Å². The molecule has 0 spiro atoms. The third-order valence-electron chi connectivity index (χ3n) is 4.04. The Bertz CT molecular complexity index is 757. The molecule has 2 aromatic rings. The monoisotopic (exact) mass is 362 g/mol. The summed E-state index contributed by atoms with van der Waals surface area (Å²) in [4.78, 5) is 28.5. The summed E-state index contributed by atoms with van der Waals surface area (Å²) in [6, 6.07) is 14.0. The lowest BCUT2D eigenvalue weighted by molar-refractivity contribution is 0.0535. The lowest BCUT2D eigenvalue weighted by Crippen LogP contribution is -2.50. The molecule has 1 heterocycles. The Balaban J connectivity index is 1.63. The van der Waals surface area contributed by atoms with E-state index in [1.54, 1.807) is 40.1 Å². The zero-order chi connectivity index (χ0) is 17.1. The summed E-state index contributed by atoms with van der Waals surface area (Å²) in [7, 11) is 0. The molecule has 124 valence electrons. The maximum absolute atomic E-state index is 12.5. The molecule has 0 atom stereocenters. The van der Waals surface area contributed by atoms with Gasteiger partial charge in [0.05, 0.1) is 10.0 Å². The number of rotatable bonds is 2. The summed E-state index contributed by atoms with van der Waals surface area (Å²) in [5, 5.41) is 0.784.